The Morgan fingerprint density at radius 1 is 1.17 bits per heavy atom. The number of hydrogen-bond donors (Lipinski definition) is 1. The minimum atomic E-state index is -0.158. The lowest BCUT2D eigenvalue weighted by Crippen LogP contribution is -2.31. The molecule has 0 saturated heterocycles. The van der Waals surface area contributed by atoms with E-state index in [0.717, 1.165) is 5.56 Å². The van der Waals surface area contributed by atoms with E-state index in [4.69, 9.17) is 0 Å². The van der Waals surface area contributed by atoms with Gasteiger partial charge < -0.3 is 10.2 Å². The monoisotopic (exact) mass is 410 g/mol. The van der Waals surface area contributed by atoms with E-state index < -0.39 is 0 Å². The molecule has 2 amide bonds. The Labute approximate surface area is 173 Å². The molecule has 0 radical (unpaired) electrons. The minimum absolute atomic E-state index is 0.0205. The molecule has 0 aliphatic carbocycles. The number of benzene rings is 2. The topological polar surface area (TPSA) is 93.0 Å². The van der Waals surface area contributed by atoms with Gasteiger partial charge in [0.1, 0.15) is 0 Å². The first-order valence-corrected chi connectivity index (χ1v) is 10.0. The molecule has 1 unspecified atom stereocenters. The van der Waals surface area contributed by atoms with Gasteiger partial charge in [-0.15, -0.1) is 5.10 Å². The van der Waals surface area contributed by atoms with Gasteiger partial charge in [0.2, 0.25) is 17.0 Å². The zero-order valence-corrected chi connectivity index (χ0v) is 17.3. The van der Waals surface area contributed by atoms with Crippen LogP contribution in [0.1, 0.15) is 25.5 Å². The van der Waals surface area contributed by atoms with Gasteiger partial charge in [-0.1, -0.05) is 48.2 Å². The fourth-order valence-electron chi connectivity index (χ4n) is 2.75. The zero-order valence-electron chi connectivity index (χ0n) is 16.4. The van der Waals surface area contributed by atoms with Crippen molar-refractivity contribution >= 4 is 29.3 Å². The molecular formula is C20H22N6O2S. The molecule has 0 saturated carbocycles. The quantitative estimate of drug-likeness (QED) is 0.602. The standard InChI is InChI=1S/C20H22N6O2S/c1-14(16-8-5-4-6-9-16)25(3)19(28)13-29-20-22-23-24-26(20)18-11-7-10-17(12-18)21-15(2)27/h4-12,14H,13H2,1-3H3,(H,21,27). The number of tetrazole rings is 1. The maximum absolute atomic E-state index is 12.7. The van der Waals surface area contributed by atoms with E-state index >= 15 is 0 Å². The summed E-state index contributed by atoms with van der Waals surface area (Å²) in [6, 6.07) is 17.0. The van der Waals surface area contributed by atoms with Gasteiger partial charge in [-0.3, -0.25) is 9.59 Å². The highest BCUT2D eigenvalue weighted by molar-refractivity contribution is 7.99. The Kier molecular flexibility index (Phi) is 6.61. The Morgan fingerprint density at radius 3 is 2.66 bits per heavy atom. The van der Waals surface area contributed by atoms with Crippen LogP contribution in [0.25, 0.3) is 5.69 Å². The second-order valence-corrected chi connectivity index (χ2v) is 7.43. The third kappa shape index (κ3) is 5.20. The van der Waals surface area contributed by atoms with Crippen LogP contribution < -0.4 is 5.32 Å². The van der Waals surface area contributed by atoms with E-state index in [9.17, 15) is 9.59 Å². The fourth-order valence-corrected chi connectivity index (χ4v) is 3.56. The molecule has 9 heteroatoms. The van der Waals surface area contributed by atoms with Crippen molar-refractivity contribution in [1.82, 2.24) is 25.1 Å². The van der Waals surface area contributed by atoms with Crippen molar-refractivity contribution in [3.05, 3.63) is 60.2 Å². The van der Waals surface area contributed by atoms with Crippen LogP contribution >= 0.6 is 11.8 Å². The van der Waals surface area contributed by atoms with Crippen LogP contribution in [-0.4, -0.2) is 49.7 Å². The Balaban J connectivity index is 1.67. The van der Waals surface area contributed by atoms with Crippen molar-refractivity contribution in [3.8, 4) is 5.69 Å². The molecule has 0 aliphatic rings. The summed E-state index contributed by atoms with van der Waals surface area (Å²) in [6.07, 6.45) is 0. The normalized spacial score (nSPS) is 11.7. The van der Waals surface area contributed by atoms with Crippen molar-refractivity contribution in [2.24, 2.45) is 0 Å². The Hall–Kier alpha value is -3.20. The zero-order chi connectivity index (χ0) is 20.8. The van der Waals surface area contributed by atoms with Gasteiger partial charge in [-0.2, -0.15) is 4.68 Å². The molecule has 3 rings (SSSR count). The molecule has 8 nitrogen and oxygen atoms in total. The number of nitrogens with zero attached hydrogens (tertiary/aromatic N) is 5. The van der Waals surface area contributed by atoms with Gasteiger partial charge in [0.15, 0.2) is 0 Å². The van der Waals surface area contributed by atoms with Crippen LogP contribution in [0.3, 0.4) is 0 Å². The molecule has 1 heterocycles. The number of carbonyl (C=O) groups excluding carboxylic acids is 2. The molecule has 1 atom stereocenters. The summed E-state index contributed by atoms with van der Waals surface area (Å²) in [5, 5.41) is 15.0. The maximum atomic E-state index is 12.7. The maximum Gasteiger partial charge on any atom is 0.233 e. The summed E-state index contributed by atoms with van der Waals surface area (Å²) < 4.78 is 1.55. The highest BCUT2D eigenvalue weighted by Crippen LogP contribution is 2.23. The van der Waals surface area contributed by atoms with Crippen LogP contribution in [0.15, 0.2) is 59.8 Å². The summed E-state index contributed by atoms with van der Waals surface area (Å²) in [5.41, 5.74) is 2.42. The summed E-state index contributed by atoms with van der Waals surface area (Å²) in [4.78, 5) is 25.6. The average molecular weight is 411 g/mol. The molecule has 29 heavy (non-hydrogen) atoms. The van der Waals surface area contributed by atoms with E-state index in [0.29, 0.717) is 16.5 Å². The van der Waals surface area contributed by atoms with Crippen LogP contribution in [-0.2, 0) is 9.59 Å². The number of anilines is 1. The van der Waals surface area contributed by atoms with Crippen molar-refractivity contribution in [1.29, 1.82) is 0 Å². The fraction of sp³-hybridized carbons (Fsp3) is 0.250. The molecular weight excluding hydrogens is 388 g/mol. The van der Waals surface area contributed by atoms with Crippen LogP contribution in [0.2, 0.25) is 0 Å². The van der Waals surface area contributed by atoms with E-state index in [-0.39, 0.29) is 23.6 Å². The molecule has 150 valence electrons. The Bertz CT molecular complexity index is 991. The van der Waals surface area contributed by atoms with Gasteiger partial charge in [0, 0.05) is 19.7 Å². The third-order valence-electron chi connectivity index (χ3n) is 4.43. The van der Waals surface area contributed by atoms with Gasteiger partial charge in [0.25, 0.3) is 0 Å². The molecule has 0 bridgehead atoms. The van der Waals surface area contributed by atoms with E-state index in [1.54, 1.807) is 34.8 Å². The highest BCUT2D eigenvalue weighted by atomic mass is 32.2. The predicted molar refractivity (Wildman–Crippen MR) is 112 cm³/mol. The van der Waals surface area contributed by atoms with Crippen LogP contribution in [0.4, 0.5) is 5.69 Å². The minimum Gasteiger partial charge on any atom is -0.338 e. The molecule has 3 aromatic rings. The lowest BCUT2D eigenvalue weighted by molar-refractivity contribution is -0.129. The van der Waals surface area contributed by atoms with E-state index in [2.05, 4.69) is 20.8 Å². The van der Waals surface area contributed by atoms with Gasteiger partial charge in [0.05, 0.1) is 17.5 Å². The average Bonchev–Trinajstić information content (AvgIpc) is 3.20. The summed E-state index contributed by atoms with van der Waals surface area (Å²) >= 11 is 1.27. The van der Waals surface area contributed by atoms with Gasteiger partial charge in [-0.25, -0.2) is 0 Å². The SMILES string of the molecule is CC(=O)Nc1cccc(-n2nnnc2SCC(=O)N(C)C(C)c2ccccc2)c1. The van der Waals surface area contributed by atoms with Crippen molar-refractivity contribution in [2.75, 3.05) is 18.1 Å². The molecule has 2 aromatic carbocycles. The highest BCUT2D eigenvalue weighted by Gasteiger charge is 2.19. The van der Waals surface area contributed by atoms with Crippen molar-refractivity contribution in [2.45, 2.75) is 25.0 Å². The third-order valence-corrected chi connectivity index (χ3v) is 5.34. The molecule has 0 fully saturated rings. The lowest BCUT2D eigenvalue weighted by atomic mass is 10.1. The number of carbonyl (C=O) groups is 2. The largest absolute Gasteiger partial charge is 0.338 e. The molecule has 0 aliphatic heterocycles. The first kappa shape index (κ1) is 20.5. The second-order valence-electron chi connectivity index (χ2n) is 6.48. The number of hydrogen-bond acceptors (Lipinski definition) is 6. The van der Waals surface area contributed by atoms with Crippen LogP contribution in [0.5, 0.6) is 0 Å². The number of amides is 2. The van der Waals surface area contributed by atoms with Crippen molar-refractivity contribution < 1.29 is 9.59 Å². The number of aromatic nitrogens is 4. The molecule has 1 aromatic heterocycles. The van der Waals surface area contributed by atoms with E-state index in [1.165, 1.54) is 18.7 Å². The summed E-state index contributed by atoms with van der Waals surface area (Å²) in [5.74, 6) is 0.0296. The van der Waals surface area contributed by atoms with Crippen molar-refractivity contribution in [3.63, 3.8) is 0 Å². The summed E-state index contributed by atoms with van der Waals surface area (Å²) in [7, 11) is 1.79. The number of thioether (sulfide) groups is 1. The first-order valence-electron chi connectivity index (χ1n) is 9.05. The summed E-state index contributed by atoms with van der Waals surface area (Å²) in [6.45, 7) is 3.44. The second kappa shape index (κ2) is 9.33. The first-order chi connectivity index (χ1) is 14.0. The van der Waals surface area contributed by atoms with Crippen LogP contribution in [0, 0.1) is 0 Å². The van der Waals surface area contributed by atoms with Gasteiger partial charge in [-0.05, 0) is 41.1 Å². The lowest BCUT2D eigenvalue weighted by Gasteiger charge is -2.25. The Morgan fingerprint density at radius 2 is 1.93 bits per heavy atom. The number of rotatable bonds is 7. The molecule has 0 spiro atoms. The van der Waals surface area contributed by atoms with E-state index in [1.807, 2.05) is 43.3 Å². The predicted octanol–water partition coefficient (Wildman–Crippen LogP) is 2.93. The molecule has 1 N–H and O–H groups in total. The van der Waals surface area contributed by atoms with Gasteiger partial charge >= 0.3 is 0 Å². The number of nitrogens with one attached hydrogen (secondary N) is 1. The smallest absolute Gasteiger partial charge is 0.233 e.